The van der Waals surface area contributed by atoms with Crippen LogP contribution >= 0.6 is 0 Å². The molecule has 1 saturated heterocycles. The summed E-state index contributed by atoms with van der Waals surface area (Å²) in [6, 6.07) is 14.4. The average molecular weight is 363 g/mol. The van der Waals surface area contributed by atoms with Crippen molar-refractivity contribution in [1.82, 2.24) is 4.90 Å². The van der Waals surface area contributed by atoms with Crippen molar-refractivity contribution < 1.29 is 22.7 Å². The van der Waals surface area contributed by atoms with Crippen LogP contribution in [-0.4, -0.2) is 23.9 Å². The molecule has 1 aliphatic rings. The number of nitrogens with zero attached hydrogens (tertiary/aromatic N) is 1. The van der Waals surface area contributed by atoms with E-state index in [2.05, 4.69) is 0 Å². The zero-order valence-electron chi connectivity index (χ0n) is 14.4. The molecule has 26 heavy (non-hydrogen) atoms. The molecular weight excluding hydrogens is 343 g/mol. The lowest BCUT2D eigenvalue weighted by Crippen LogP contribution is -2.47. The van der Waals surface area contributed by atoms with Gasteiger partial charge in [-0.2, -0.15) is 13.2 Å². The summed E-state index contributed by atoms with van der Waals surface area (Å²) in [4.78, 5) is 13.4. The van der Waals surface area contributed by atoms with Crippen LogP contribution in [0.3, 0.4) is 0 Å². The zero-order chi connectivity index (χ0) is 18.8. The molecule has 0 saturated carbocycles. The molecule has 2 aromatic carbocycles. The minimum Gasteiger partial charge on any atom is -0.482 e. The molecule has 0 N–H and O–H groups in total. The monoisotopic (exact) mass is 363 g/mol. The van der Waals surface area contributed by atoms with Crippen LogP contribution in [0.4, 0.5) is 13.2 Å². The van der Waals surface area contributed by atoms with Gasteiger partial charge >= 0.3 is 6.18 Å². The molecule has 0 aromatic heterocycles. The summed E-state index contributed by atoms with van der Waals surface area (Å²) in [5, 5.41) is 0. The number of piperidine rings is 1. The second-order valence-corrected chi connectivity index (χ2v) is 6.49. The van der Waals surface area contributed by atoms with Crippen molar-refractivity contribution in [3.63, 3.8) is 0 Å². The Hall–Kier alpha value is -2.50. The van der Waals surface area contributed by atoms with E-state index in [4.69, 9.17) is 4.74 Å². The lowest BCUT2D eigenvalue weighted by molar-refractivity contribution is -0.138. The molecular formula is C20H20F3NO2. The normalized spacial score (nSPS) is 17.0. The Labute approximate surface area is 150 Å². The van der Waals surface area contributed by atoms with Crippen LogP contribution in [0.25, 0.3) is 0 Å². The molecule has 6 heteroatoms. The number of hydrogen-bond donors (Lipinski definition) is 0. The fraction of sp³-hybridized carbons (Fsp3) is 0.350. The number of amides is 1. The molecule has 138 valence electrons. The number of ether oxygens (including phenoxy) is 1. The number of hydrogen-bond acceptors (Lipinski definition) is 2. The zero-order valence-corrected chi connectivity index (χ0v) is 14.4. The second-order valence-electron chi connectivity index (χ2n) is 6.49. The van der Waals surface area contributed by atoms with Gasteiger partial charge in [-0.1, -0.05) is 36.4 Å². The van der Waals surface area contributed by atoms with E-state index in [-0.39, 0.29) is 11.7 Å². The predicted octanol–water partition coefficient (Wildman–Crippen LogP) is 4.62. The predicted molar refractivity (Wildman–Crippen MR) is 91.7 cm³/mol. The van der Waals surface area contributed by atoms with Crippen LogP contribution < -0.4 is 4.74 Å². The van der Waals surface area contributed by atoms with Crippen LogP contribution in [0.1, 0.15) is 30.9 Å². The third kappa shape index (κ3) is 3.84. The highest BCUT2D eigenvalue weighted by Crippen LogP contribution is 2.39. The molecule has 0 unspecified atom stereocenters. The van der Waals surface area contributed by atoms with E-state index in [0.717, 1.165) is 17.7 Å². The van der Waals surface area contributed by atoms with Gasteiger partial charge in [0.1, 0.15) is 11.4 Å². The summed E-state index contributed by atoms with van der Waals surface area (Å²) in [6.07, 6.45) is -3.38. The number of carbonyl (C=O) groups is 1. The first kappa shape index (κ1) is 18.3. The molecule has 1 amide bonds. The summed E-state index contributed by atoms with van der Waals surface area (Å²) in [6.45, 7) is 2.52. The van der Waals surface area contributed by atoms with Crippen LogP contribution in [-0.2, 0) is 16.6 Å². The molecule has 1 fully saturated rings. The molecule has 1 aliphatic heterocycles. The second kappa shape index (κ2) is 7.02. The smallest absolute Gasteiger partial charge is 0.416 e. The van der Waals surface area contributed by atoms with Gasteiger partial charge in [0.25, 0.3) is 0 Å². The van der Waals surface area contributed by atoms with E-state index in [1.54, 1.807) is 4.90 Å². The average Bonchev–Trinajstić information content (AvgIpc) is 2.62. The number of halogens is 3. The lowest BCUT2D eigenvalue weighted by atomic mass is 9.84. The van der Waals surface area contributed by atoms with E-state index in [1.807, 2.05) is 30.3 Å². The molecule has 3 rings (SSSR count). The third-order valence-electron chi connectivity index (χ3n) is 4.79. The van der Waals surface area contributed by atoms with E-state index in [9.17, 15) is 18.0 Å². The molecule has 0 bridgehead atoms. The number of alkyl halides is 3. The van der Waals surface area contributed by atoms with E-state index in [1.165, 1.54) is 19.1 Å². The van der Waals surface area contributed by atoms with E-state index in [0.29, 0.717) is 25.9 Å². The van der Waals surface area contributed by atoms with Gasteiger partial charge in [-0.15, -0.1) is 0 Å². The first-order chi connectivity index (χ1) is 12.3. The highest BCUT2D eigenvalue weighted by Gasteiger charge is 2.39. The first-order valence-corrected chi connectivity index (χ1v) is 8.47. The summed E-state index contributed by atoms with van der Waals surface area (Å²) in [7, 11) is 0. The standard InChI is InChI=1S/C20H20F3NO2/c1-15(25)24-12-10-19(11-13-24,16-6-3-2-4-7-16)26-18-9-5-8-17(14-18)20(21,22)23/h2-9,14H,10-13H2,1H3. The minimum absolute atomic E-state index is 0.00858. The summed E-state index contributed by atoms with van der Waals surface area (Å²) in [5.74, 6) is 0.172. The molecule has 0 atom stereocenters. The Kier molecular flexibility index (Phi) is 4.94. The number of benzene rings is 2. The third-order valence-corrected chi connectivity index (χ3v) is 4.79. The summed E-state index contributed by atoms with van der Waals surface area (Å²) in [5.41, 5.74) is -0.586. The quantitative estimate of drug-likeness (QED) is 0.796. The Morgan fingerprint density at radius 2 is 1.69 bits per heavy atom. The van der Waals surface area contributed by atoms with Crippen molar-refractivity contribution in [2.45, 2.75) is 31.5 Å². The van der Waals surface area contributed by atoms with Gasteiger partial charge in [-0.05, 0) is 23.8 Å². The van der Waals surface area contributed by atoms with Crippen LogP contribution in [0.5, 0.6) is 5.75 Å². The van der Waals surface area contributed by atoms with Crippen LogP contribution in [0.15, 0.2) is 54.6 Å². The first-order valence-electron chi connectivity index (χ1n) is 8.47. The van der Waals surface area contributed by atoms with Gasteiger partial charge < -0.3 is 9.64 Å². The van der Waals surface area contributed by atoms with Gasteiger partial charge in [-0.3, -0.25) is 4.79 Å². The molecule has 0 radical (unpaired) electrons. The highest BCUT2D eigenvalue weighted by molar-refractivity contribution is 5.73. The summed E-state index contributed by atoms with van der Waals surface area (Å²) >= 11 is 0. The lowest BCUT2D eigenvalue weighted by Gasteiger charge is -2.42. The Balaban J connectivity index is 1.92. The summed E-state index contributed by atoms with van der Waals surface area (Å²) < 4.78 is 45.2. The minimum atomic E-state index is -4.42. The van der Waals surface area contributed by atoms with Gasteiger partial charge in [0, 0.05) is 32.9 Å². The van der Waals surface area contributed by atoms with Crippen LogP contribution in [0, 0.1) is 0 Å². The van der Waals surface area contributed by atoms with Crippen molar-refractivity contribution in [3.05, 3.63) is 65.7 Å². The van der Waals surface area contributed by atoms with Gasteiger partial charge in [-0.25, -0.2) is 0 Å². The van der Waals surface area contributed by atoms with Gasteiger partial charge in [0.15, 0.2) is 0 Å². The van der Waals surface area contributed by atoms with E-state index >= 15 is 0 Å². The fourth-order valence-corrected chi connectivity index (χ4v) is 3.34. The van der Waals surface area contributed by atoms with Crippen molar-refractivity contribution in [3.8, 4) is 5.75 Å². The van der Waals surface area contributed by atoms with Crippen molar-refractivity contribution in [2.75, 3.05) is 13.1 Å². The Bertz CT molecular complexity index is 766. The Morgan fingerprint density at radius 3 is 2.27 bits per heavy atom. The van der Waals surface area contributed by atoms with Crippen LogP contribution in [0.2, 0.25) is 0 Å². The number of rotatable bonds is 3. The largest absolute Gasteiger partial charge is 0.482 e. The SMILES string of the molecule is CC(=O)N1CCC(Oc2cccc(C(F)(F)F)c2)(c2ccccc2)CC1. The maximum Gasteiger partial charge on any atom is 0.416 e. The highest BCUT2D eigenvalue weighted by atomic mass is 19.4. The molecule has 1 heterocycles. The van der Waals surface area contributed by atoms with E-state index < -0.39 is 17.3 Å². The topological polar surface area (TPSA) is 29.5 Å². The number of carbonyl (C=O) groups excluding carboxylic acids is 1. The van der Waals surface area contributed by atoms with Crippen molar-refractivity contribution in [1.29, 1.82) is 0 Å². The maximum atomic E-state index is 13.0. The maximum absolute atomic E-state index is 13.0. The van der Waals surface area contributed by atoms with Gasteiger partial charge in [0.2, 0.25) is 5.91 Å². The number of likely N-dealkylation sites (tertiary alicyclic amines) is 1. The molecule has 2 aromatic rings. The Morgan fingerprint density at radius 1 is 1.04 bits per heavy atom. The van der Waals surface area contributed by atoms with Crippen molar-refractivity contribution in [2.24, 2.45) is 0 Å². The molecule has 3 nitrogen and oxygen atoms in total. The molecule has 0 spiro atoms. The fourth-order valence-electron chi connectivity index (χ4n) is 3.34. The van der Waals surface area contributed by atoms with Crippen molar-refractivity contribution >= 4 is 5.91 Å². The molecule has 0 aliphatic carbocycles. The van der Waals surface area contributed by atoms with Gasteiger partial charge in [0.05, 0.1) is 5.56 Å².